The molecule has 0 saturated carbocycles. The van der Waals surface area contributed by atoms with Crippen molar-refractivity contribution in [3.63, 3.8) is 0 Å². The number of nitrogens with zero attached hydrogens (tertiary/aromatic N) is 1. The molecule has 0 unspecified atom stereocenters. The second-order valence-corrected chi connectivity index (χ2v) is 4.03. The number of hydrogen-bond acceptors (Lipinski definition) is 2. The zero-order chi connectivity index (χ0) is 10.7. The molecule has 4 heteroatoms. The number of aromatic carboxylic acids is 1. The Kier molecular flexibility index (Phi) is 3.06. The lowest BCUT2D eigenvalue weighted by Crippen LogP contribution is -2.21. The molecule has 2 rings (SSSR count). The molecule has 0 bridgehead atoms. The normalized spacial score (nSPS) is 17.1. The van der Waals surface area contributed by atoms with Crippen molar-refractivity contribution < 1.29 is 9.90 Å². The van der Waals surface area contributed by atoms with Crippen LogP contribution in [0.15, 0.2) is 12.3 Å². The van der Waals surface area contributed by atoms with Gasteiger partial charge in [0.1, 0.15) is 5.69 Å². The van der Waals surface area contributed by atoms with Gasteiger partial charge in [-0.15, -0.1) is 0 Å². The van der Waals surface area contributed by atoms with Gasteiger partial charge in [-0.25, -0.2) is 4.79 Å². The van der Waals surface area contributed by atoms with Crippen LogP contribution in [0.5, 0.6) is 0 Å². The Morgan fingerprint density at radius 2 is 2.20 bits per heavy atom. The molecule has 0 atom stereocenters. The maximum absolute atomic E-state index is 10.6. The first-order valence-electron chi connectivity index (χ1n) is 5.38. The van der Waals surface area contributed by atoms with Crippen LogP contribution in [0, 0.1) is 0 Å². The summed E-state index contributed by atoms with van der Waals surface area (Å²) in [5.41, 5.74) is 1.37. The van der Waals surface area contributed by atoms with Crippen LogP contribution in [-0.4, -0.2) is 40.6 Å². The molecule has 1 aromatic heterocycles. The van der Waals surface area contributed by atoms with Gasteiger partial charge < -0.3 is 15.0 Å². The number of carboxylic acids is 1. The number of nitrogens with one attached hydrogen (secondary N) is 1. The quantitative estimate of drug-likeness (QED) is 0.785. The summed E-state index contributed by atoms with van der Waals surface area (Å²) in [6.07, 6.45) is 5.32. The summed E-state index contributed by atoms with van der Waals surface area (Å²) in [6.45, 7) is 3.42. The van der Waals surface area contributed by atoms with E-state index in [0.29, 0.717) is 0 Å². The van der Waals surface area contributed by atoms with Crippen LogP contribution < -0.4 is 0 Å². The Hall–Kier alpha value is -1.29. The number of hydrogen-bond donors (Lipinski definition) is 2. The fraction of sp³-hybridized carbons (Fsp3) is 0.545. The SMILES string of the molecule is O=C(O)c1cc(CCN2CCCC2)c[nH]1. The number of rotatable bonds is 4. The minimum atomic E-state index is -0.887. The molecule has 0 aliphatic carbocycles. The van der Waals surface area contributed by atoms with E-state index in [0.717, 1.165) is 18.5 Å². The van der Waals surface area contributed by atoms with Gasteiger partial charge in [0, 0.05) is 12.7 Å². The lowest BCUT2D eigenvalue weighted by atomic mass is 10.2. The van der Waals surface area contributed by atoms with Crippen LogP contribution in [0.4, 0.5) is 0 Å². The highest BCUT2D eigenvalue weighted by Crippen LogP contribution is 2.10. The third-order valence-electron chi connectivity index (χ3n) is 2.89. The van der Waals surface area contributed by atoms with Gasteiger partial charge in [-0.1, -0.05) is 0 Å². The number of carbonyl (C=O) groups is 1. The Morgan fingerprint density at radius 1 is 1.47 bits per heavy atom. The minimum absolute atomic E-state index is 0.284. The molecule has 2 heterocycles. The van der Waals surface area contributed by atoms with Crippen molar-refractivity contribution in [2.45, 2.75) is 19.3 Å². The average molecular weight is 208 g/mol. The molecule has 1 aliphatic rings. The average Bonchev–Trinajstić information content (AvgIpc) is 2.86. The zero-order valence-electron chi connectivity index (χ0n) is 8.70. The predicted molar refractivity (Wildman–Crippen MR) is 57.1 cm³/mol. The molecule has 2 N–H and O–H groups in total. The smallest absolute Gasteiger partial charge is 0.352 e. The van der Waals surface area contributed by atoms with Gasteiger partial charge in [0.05, 0.1) is 0 Å². The fourth-order valence-corrected chi connectivity index (χ4v) is 2.00. The van der Waals surface area contributed by atoms with E-state index in [4.69, 9.17) is 5.11 Å². The molecular formula is C11H16N2O2. The van der Waals surface area contributed by atoms with Gasteiger partial charge in [-0.2, -0.15) is 0 Å². The van der Waals surface area contributed by atoms with Gasteiger partial charge in [0.15, 0.2) is 0 Å². The van der Waals surface area contributed by atoms with Crippen molar-refractivity contribution in [2.24, 2.45) is 0 Å². The second kappa shape index (κ2) is 4.49. The van der Waals surface area contributed by atoms with Gasteiger partial charge in [-0.3, -0.25) is 0 Å². The van der Waals surface area contributed by atoms with Crippen LogP contribution >= 0.6 is 0 Å². The van der Waals surface area contributed by atoms with E-state index in [1.807, 2.05) is 0 Å². The van der Waals surface area contributed by atoms with Crippen molar-refractivity contribution in [3.05, 3.63) is 23.5 Å². The molecule has 0 radical (unpaired) electrons. The predicted octanol–water partition coefficient (Wildman–Crippen LogP) is 1.35. The third-order valence-corrected chi connectivity index (χ3v) is 2.89. The lowest BCUT2D eigenvalue weighted by Gasteiger charge is -2.12. The highest BCUT2D eigenvalue weighted by molar-refractivity contribution is 5.85. The van der Waals surface area contributed by atoms with Crippen molar-refractivity contribution in [2.75, 3.05) is 19.6 Å². The first-order valence-corrected chi connectivity index (χ1v) is 5.38. The van der Waals surface area contributed by atoms with Crippen LogP contribution in [0.1, 0.15) is 28.9 Å². The Bertz CT molecular complexity index is 340. The number of H-pyrrole nitrogens is 1. The van der Waals surface area contributed by atoms with E-state index in [-0.39, 0.29) is 5.69 Å². The second-order valence-electron chi connectivity index (χ2n) is 4.03. The van der Waals surface area contributed by atoms with E-state index in [1.54, 1.807) is 12.3 Å². The lowest BCUT2D eigenvalue weighted by molar-refractivity contribution is 0.0691. The largest absolute Gasteiger partial charge is 0.477 e. The summed E-state index contributed by atoms with van der Waals surface area (Å²) in [5, 5.41) is 8.74. The number of carboxylic acid groups (broad SMARTS) is 1. The standard InChI is InChI=1S/C11H16N2O2/c14-11(15)10-7-9(8-12-10)3-6-13-4-1-2-5-13/h7-8,12H,1-6H2,(H,14,15). The number of aromatic nitrogens is 1. The monoisotopic (exact) mass is 208 g/mol. The van der Waals surface area contributed by atoms with E-state index >= 15 is 0 Å². The van der Waals surface area contributed by atoms with Crippen molar-refractivity contribution in [1.82, 2.24) is 9.88 Å². The van der Waals surface area contributed by atoms with Crippen molar-refractivity contribution in [3.8, 4) is 0 Å². The summed E-state index contributed by atoms with van der Waals surface area (Å²) in [7, 11) is 0. The van der Waals surface area contributed by atoms with Crippen LogP contribution in [0.25, 0.3) is 0 Å². The van der Waals surface area contributed by atoms with Gasteiger partial charge >= 0.3 is 5.97 Å². The third kappa shape index (κ3) is 2.59. The first kappa shape index (κ1) is 10.2. The summed E-state index contributed by atoms with van der Waals surface area (Å²) in [6, 6.07) is 1.72. The summed E-state index contributed by atoms with van der Waals surface area (Å²) >= 11 is 0. The summed E-state index contributed by atoms with van der Waals surface area (Å²) < 4.78 is 0. The number of aromatic amines is 1. The van der Waals surface area contributed by atoms with Crippen molar-refractivity contribution in [1.29, 1.82) is 0 Å². The number of likely N-dealkylation sites (tertiary alicyclic amines) is 1. The molecule has 1 aromatic rings. The highest BCUT2D eigenvalue weighted by Gasteiger charge is 2.12. The molecule has 0 amide bonds. The summed E-state index contributed by atoms with van der Waals surface area (Å²) in [4.78, 5) is 15.8. The van der Waals surface area contributed by atoms with E-state index in [1.165, 1.54) is 25.9 Å². The van der Waals surface area contributed by atoms with Crippen LogP contribution in [0.2, 0.25) is 0 Å². The van der Waals surface area contributed by atoms with E-state index in [2.05, 4.69) is 9.88 Å². The Balaban J connectivity index is 1.84. The van der Waals surface area contributed by atoms with Gasteiger partial charge in [0.25, 0.3) is 0 Å². The Labute approximate surface area is 88.9 Å². The molecule has 1 saturated heterocycles. The first-order chi connectivity index (χ1) is 7.25. The molecule has 4 nitrogen and oxygen atoms in total. The van der Waals surface area contributed by atoms with Crippen molar-refractivity contribution >= 4 is 5.97 Å². The maximum atomic E-state index is 10.6. The minimum Gasteiger partial charge on any atom is -0.477 e. The topological polar surface area (TPSA) is 56.3 Å². The van der Waals surface area contributed by atoms with E-state index < -0.39 is 5.97 Å². The molecule has 15 heavy (non-hydrogen) atoms. The molecule has 82 valence electrons. The van der Waals surface area contributed by atoms with Gasteiger partial charge in [-0.05, 0) is 44.0 Å². The molecule has 0 aromatic carbocycles. The van der Waals surface area contributed by atoms with Gasteiger partial charge in [0.2, 0.25) is 0 Å². The maximum Gasteiger partial charge on any atom is 0.352 e. The molecule has 1 fully saturated rings. The zero-order valence-corrected chi connectivity index (χ0v) is 8.70. The van der Waals surface area contributed by atoms with Crippen LogP contribution in [0.3, 0.4) is 0 Å². The van der Waals surface area contributed by atoms with E-state index in [9.17, 15) is 4.79 Å². The summed E-state index contributed by atoms with van der Waals surface area (Å²) in [5.74, 6) is -0.887. The fourth-order valence-electron chi connectivity index (χ4n) is 2.00. The molecular weight excluding hydrogens is 192 g/mol. The highest BCUT2D eigenvalue weighted by atomic mass is 16.4. The Morgan fingerprint density at radius 3 is 2.80 bits per heavy atom. The molecule has 0 spiro atoms. The van der Waals surface area contributed by atoms with Crippen LogP contribution in [-0.2, 0) is 6.42 Å². The molecule has 1 aliphatic heterocycles.